The monoisotopic (exact) mass is 291 g/mol. The zero-order valence-corrected chi connectivity index (χ0v) is 11.4. The molecule has 0 aromatic heterocycles. The second-order valence-corrected chi connectivity index (χ2v) is 4.72. The van der Waals surface area contributed by atoms with Gasteiger partial charge >= 0.3 is 5.97 Å². The van der Waals surface area contributed by atoms with Gasteiger partial charge in [-0.05, 0) is 23.3 Å². The molecule has 0 atom stereocenters. The number of carboxylic acids is 1. The van der Waals surface area contributed by atoms with Crippen LogP contribution in [0.1, 0.15) is 11.1 Å². The predicted octanol–water partition coefficient (Wildman–Crippen LogP) is 3.13. The molecule has 4 nitrogen and oxygen atoms in total. The molecule has 3 N–H and O–H groups in total. The average molecular weight is 292 g/mol. The van der Waals surface area contributed by atoms with Crippen molar-refractivity contribution in [1.29, 1.82) is 0 Å². The van der Waals surface area contributed by atoms with Crippen molar-refractivity contribution >= 4 is 23.3 Å². The van der Waals surface area contributed by atoms with Crippen molar-refractivity contribution in [1.82, 2.24) is 0 Å². The minimum Gasteiger partial charge on any atom is -0.489 e. The van der Waals surface area contributed by atoms with Crippen molar-refractivity contribution < 1.29 is 14.6 Å². The van der Waals surface area contributed by atoms with Crippen LogP contribution in [0.25, 0.3) is 0 Å². The van der Waals surface area contributed by atoms with Crippen LogP contribution in [0.5, 0.6) is 5.75 Å². The van der Waals surface area contributed by atoms with E-state index in [1.165, 1.54) is 0 Å². The van der Waals surface area contributed by atoms with Crippen molar-refractivity contribution in [2.24, 2.45) is 0 Å². The minimum absolute atomic E-state index is 0.0258. The molecule has 0 radical (unpaired) electrons. The second-order valence-electron chi connectivity index (χ2n) is 4.31. The van der Waals surface area contributed by atoms with Gasteiger partial charge in [0.05, 0.1) is 17.1 Å². The summed E-state index contributed by atoms with van der Waals surface area (Å²) in [6.07, 6.45) is -0.0258. The van der Waals surface area contributed by atoms with E-state index >= 15 is 0 Å². The molecule has 0 aliphatic heterocycles. The molecule has 0 bridgehead atoms. The van der Waals surface area contributed by atoms with Crippen molar-refractivity contribution in [3.63, 3.8) is 0 Å². The first-order valence-corrected chi connectivity index (χ1v) is 6.40. The summed E-state index contributed by atoms with van der Waals surface area (Å²) < 4.78 is 5.62. The molecule has 2 rings (SSSR count). The van der Waals surface area contributed by atoms with E-state index in [2.05, 4.69) is 0 Å². The number of rotatable bonds is 5. The molecule has 0 amide bonds. The van der Waals surface area contributed by atoms with Gasteiger partial charge in [-0.1, -0.05) is 35.9 Å². The van der Waals surface area contributed by atoms with E-state index < -0.39 is 5.97 Å². The Kier molecular flexibility index (Phi) is 4.48. The zero-order chi connectivity index (χ0) is 14.5. The lowest BCUT2D eigenvalue weighted by Crippen LogP contribution is -2.05. The fourth-order valence-electron chi connectivity index (χ4n) is 1.79. The van der Waals surface area contributed by atoms with Crippen molar-refractivity contribution in [3.8, 4) is 5.75 Å². The molecule has 5 heteroatoms. The number of ether oxygens (including phenoxy) is 1. The third-order valence-electron chi connectivity index (χ3n) is 2.83. The summed E-state index contributed by atoms with van der Waals surface area (Å²) in [6, 6.07) is 12.3. The highest BCUT2D eigenvalue weighted by Crippen LogP contribution is 2.25. The average Bonchev–Trinajstić information content (AvgIpc) is 2.41. The molecule has 20 heavy (non-hydrogen) atoms. The summed E-state index contributed by atoms with van der Waals surface area (Å²) in [4.78, 5) is 10.8. The van der Waals surface area contributed by atoms with Crippen LogP contribution in [0.15, 0.2) is 42.5 Å². The van der Waals surface area contributed by atoms with Crippen LogP contribution in [0.2, 0.25) is 5.02 Å². The van der Waals surface area contributed by atoms with Crippen molar-refractivity contribution in [2.45, 2.75) is 13.0 Å². The highest BCUT2D eigenvalue weighted by Gasteiger charge is 2.07. The van der Waals surface area contributed by atoms with Crippen LogP contribution in [0, 0.1) is 0 Å². The molecule has 0 aliphatic rings. The summed E-state index contributed by atoms with van der Waals surface area (Å²) in [6.45, 7) is 0.281. The molecule has 104 valence electrons. The maximum absolute atomic E-state index is 10.8. The SMILES string of the molecule is Nc1ccc(OCc2ccccc2CC(=O)O)cc1Cl. The Morgan fingerprint density at radius 2 is 1.90 bits per heavy atom. The number of hydrogen-bond donors (Lipinski definition) is 2. The van der Waals surface area contributed by atoms with Gasteiger partial charge in [0.15, 0.2) is 0 Å². The zero-order valence-electron chi connectivity index (χ0n) is 10.7. The van der Waals surface area contributed by atoms with Gasteiger partial charge in [-0.25, -0.2) is 0 Å². The number of hydrogen-bond acceptors (Lipinski definition) is 3. The number of benzene rings is 2. The van der Waals surface area contributed by atoms with E-state index in [0.29, 0.717) is 16.5 Å². The predicted molar refractivity (Wildman–Crippen MR) is 78.0 cm³/mol. The summed E-state index contributed by atoms with van der Waals surface area (Å²) in [7, 11) is 0. The number of halogens is 1. The highest BCUT2D eigenvalue weighted by molar-refractivity contribution is 6.33. The standard InChI is InChI=1S/C15H14ClNO3/c16-13-8-12(5-6-14(13)17)20-9-11-4-2-1-3-10(11)7-15(18)19/h1-6,8H,7,9,17H2,(H,18,19). The molecule has 0 saturated heterocycles. The van der Waals surface area contributed by atoms with E-state index in [0.717, 1.165) is 11.1 Å². The smallest absolute Gasteiger partial charge is 0.307 e. The minimum atomic E-state index is -0.868. The number of nitrogens with two attached hydrogens (primary N) is 1. The fourth-order valence-corrected chi connectivity index (χ4v) is 1.96. The maximum atomic E-state index is 10.8. The molecule has 0 fully saturated rings. The van der Waals surface area contributed by atoms with E-state index in [9.17, 15) is 4.79 Å². The molecule has 0 heterocycles. The van der Waals surface area contributed by atoms with E-state index in [1.54, 1.807) is 24.3 Å². The van der Waals surface area contributed by atoms with E-state index in [1.807, 2.05) is 18.2 Å². The first-order chi connectivity index (χ1) is 9.56. The normalized spacial score (nSPS) is 10.2. The number of carbonyl (C=O) groups is 1. The van der Waals surface area contributed by atoms with Gasteiger partial charge < -0.3 is 15.6 Å². The fraction of sp³-hybridized carbons (Fsp3) is 0.133. The van der Waals surface area contributed by atoms with Crippen molar-refractivity contribution in [3.05, 3.63) is 58.6 Å². The summed E-state index contributed by atoms with van der Waals surface area (Å²) >= 11 is 5.91. The molecular formula is C15H14ClNO3. The van der Waals surface area contributed by atoms with Gasteiger partial charge in [0, 0.05) is 6.07 Å². The van der Waals surface area contributed by atoms with Gasteiger partial charge in [-0.3, -0.25) is 4.79 Å². The lowest BCUT2D eigenvalue weighted by molar-refractivity contribution is -0.136. The Morgan fingerprint density at radius 1 is 1.20 bits per heavy atom. The Morgan fingerprint density at radius 3 is 2.55 bits per heavy atom. The summed E-state index contributed by atoms with van der Waals surface area (Å²) in [5, 5.41) is 9.30. The van der Waals surface area contributed by atoms with Gasteiger partial charge in [-0.2, -0.15) is 0 Å². The summed E-state index contributed by atoms with van der Waals surface area (Å²) in [5.41, 5.74) is 7.69. The van der Waals surface area contributed by atoms with Gasteiger partial charge in [0.1, 0.15) is 12.4 Å². The van der Waals surface area contributed by atoms with Crippen LogP contribution >= 0.6 is 11.6 Å². The first kappa shape index (κ1) is 14.2. The Balaban J connectivity index is 2.10. The molecule has 0 spiro atoms. The lowest BCUT2D eigenvalue weighted by atomic mass is 10.1. The largest absolute Gasteiger partial charge is 0.489 e. The topological polar surface area (TPSA) is 72.5 Å². The van der Waals surface area contributed by atoms with Gasteiger partial charge in [-0.15, -0.1) is 0 Å². The second kappa shape index (κ2) is 6.30. The quantitative estimate of drug-likeness (QED) is 0.830. The van der Waals surface area contributed by atoms with Crippen LogP contribution in [0.3, 0.4) is 0 Å². The van der Waals surface area contributed by atoms with E-state index in [4.69, 9.17) is 27.2 Å². The maximum Gasteiger partial charge on any atom is 0.307 e. The number of aliphatic carboxylic acids is 1. The van der Waals surface area contributed by atoms with Gasteiger partial charge in [0.25, 0.3) is 0 Å². The van der Waals surface area contributed by atoms with Crippen LogP contribution < -0.4 is 10.5 Å². The first-order valence-electron chi connectivity index (χ1n) is 6.02. The number of carboxylic acid groups (broad SMARTS) is 1. The Hall–Kier alpha value is -2.20. The molecule has 2 aromatic carbocycles. The van der Waals surface area contributed by atoms with Crippen LogP contribution in [-0.4, -0.2) is 11.1 Å². The number of nitrogen functional groups attached to an aromatic ring is 1. The molecular weight excluding hydrogens is 278 g/mol. The Labute approximate surface area is 121 Å². The van der Waals surface area contributed by atoms with E-state index in [-0.39, 0.29) is 13.0 Å². The molecule has 2 aromatic rings. The summed E-state index contributed by atoms with van der Waals surface area (Å²) in [5.74, 6) is -0.276. The molecule has 0 unspecified atom stereocenters. The Bertz CT molecular complexity index is 628. The number of anilines is 1. The third-order valence-corrected chi connectivity index (χ3v) is 3.15. The highest BCUT2D eigenvalue weighted by atomic mass is 35.5. The molecule has 0 saturated carbocycles. The third kappa shape index (κ3) is 3.65. The van der Waals surface area contributed by atoms with Gasteiger partial charge in [0.2, 0.25) is 0 Å². The van der Waals surface area contributed by atoms with Crippen LogP contribution in [-0.2, 0) is 17.8 Å². The molecule has 0 aliphatic carbocycles. The lowest BCUT2D eigenvalue weighted by Gasteiger charge is -2.10. The van der Waals surface area contributed by atoms with Crippen molar-refractivity contribution in [2.75, 3.05) is 5.73 Å². The van der Waals surface area contributed by atoms with Crippen LogP contribution in [0.4, 0.5) is 5.69 Å².